The molecular formula is C19H19NO5. The summed E-state index contributed by atoms with van der Waals surface area (Å²) < 4.78 is 9.53. The highest BCUT2D eigenvalue weighted by molar-refractivity contribution is 5.94. The highest BCUT2D eigenvalue weighted by atomic mass is 16.5. The number of esters is 2. The maximum atomic E-state index is 11.9. The van der Waals surface area contributed by atoms with Crippen molar-refractivity contribution in [3.05, 3.63) is 70.8 Å². The molecule has 130 valence electrons. The number of carbonyl (C=O) groups is 3. The first-order chi connectivity index (χ1) is 12.0. The molecule has 0 saturated heterocycles. The summed E-state index contributed by atoms with van der Waals surface area (Å²) in [6, 6.07) is 13.6. The third kappa shape index (κ3) is 5.46. The molecule has 0 spiro atoms. The van der Waals surface area contributed by atoms with Crippen LogP contribution in [0.4, 0.5) is 0 Å². The van der Waals surface area contributed by atoms with Crippen molar-refractivity contribution in [2.75, 3.05) is 13.7 Å². The van der Waals surface area contributed by atoms with E-state index in [0.29, 0.717) is 12.1 Å². The molecule has 2 aromatic carbocycles. The average Bonchev–Trinajstić information content (AvgIpc) is 2.65. The third-order valence-electron chi connectivity index (χ3n) is 3.49. The largest absolute Gasteiger partial charge is 0.465 e. The molecule has 2 aromatic rings. The Hall–Kier alpha value is -3.15. The monoisotopic (exact) mass is 341 g/mol. The molecule has 1 amide bonds. The molecule has 0 aliphatic heterocycles. The fourth-order valence-corrected chi connectivity index (χ4v) is 2.03. The minimum atomic E-state index is -0.637. The normalized spacial score (nSPS) is 10.0. The number of methoxy groups -OCH3 is 1. The number of nitrogens with one attached hydrogen (secondary N) is 1. The molecule has 0 unspecified atom stereocenters. The molecule has 1 N–H and O–H groups in total. The SMILES string of the molecule is COC(=O)c1ccc(C(=O)OCC(=O)NCc2ccc(C)cc2)cc1. The Morgan fingerprint density at radius 3 is 2.00 bits per heavy atom. The lowest BCUT2D eigenvalue weighted by Crippen LogP contribution is -2.28. The topological polar surface area (TPSA) is 81.7 Å². The van der Waals surface area contributed by atoms with E-state index in [2.05, 4.69) is 10.1 Å². The third-order valence-corrected chi connectivity index (χ3v) is 3.49. The van der Waals surface area contributed by atoms with Crippen LogP contribution in [-0.4, -0.2) is 31.6 Å². The van der Waals surface area contributed by atoms with Gasteiger partial charge >= 0.3 is 11.9 Å². The Morgan fingerprint density at radius 1 is 0.880 bits per heavy atom. The van der Waals surface area contributed by atoms with Gasteiger partial charge in [-0.2, -0.15) is 0 Å². The van der Waals surface area contributed by atoms with Crippen LogP contribution in [0.3, 0.4) is 0 Å². The van der Waals surface area contributed by atoms with E-state index in [9.17, 15) is 14.4 Å². The Labute approximate surface area is 145 Å². The van der Waals surface area contributed by atoms with Crippen LogP contribution in [0, 0.1) is 6.92 Å². The van der Waals surface area contributed by atoms with Crippen LogP contribution in [0.2, 0.25) is 0 Å². The van der Waals surface area contributed by atoms with Gasteiger partial charge in [0, 0.05) is 6.54 Å². The van der Waals surface area contributed by atoms with E-state index < -0.39 is 11.9 Å². The minimum absolute atomic E-state index is 0.249. The zero-order chi connectivity index (χ0) is 18.2. The van der Waals surface area contributed by atoms with Gasteiger partial charge < -0.3 is 14.8 Å². The Kier molecular flexibility index (Phi) is 6.28. The maximum Gasteiger partial charge on any atom is 0.338 e. The maximum absolute atomic E-state index is 11.9. The van der Waals surface area contributed by atoms with Gasteiger partial charge in [0.2, 0.25) is 0 Å². The summed E-state index contributed by atoms with van der Waals surface area (Å²) in [4.78, 5) is 35.0. The number of rotatable bonds is 6. The molecule has 0 aliphatic rings. The van der Waals surface area contributed by atoms with Gasteiger partial charge in [0.15, 0.2) is 6.61 Å². The summed E-state index contributed by atoms with van der Waals surface area (Å²) in [6.45, 7) is 1.98. The van der Waals surface area contributed by atoms with Crippen molar-refractivity contribution in [3.8, 4) is 0 Å². The van der Waals surface area contributed by atoms with Crippen molar-refractivity contribution in [2.45, 2.75) is 13.5 Å². The molecular weight excluding hydrogens is 322 g/mol. The molecule has 0 radical (unpaired) electrons. The first-order valence-corrected chi connectivity index (χ1v) is 7.67. The summed E-state index contributed by atoms with van der Waals surface area (Å²) >= 11 is 0. The number of amides is 1. The van der Waals surface area contributed by atoms with Crippen LogP contribution >= 0.6 is 0 Å². The lowest BCUT2D eigenvalue weighted by molar-refractivity contribution is -0.124. The number of carbonyl (C=O) groups excluding carboxylic acids is 3. The van der Waals surface area contributed by atoms with E-state index in [0.717, 1.165) is 11.1 Å². The zero-order valence-corrected chi connectivity index (χ0v) is 14.1. The van der Waals surface area contributed by atoms with Crippen molar-refractivity contribution in [2.24, 2.45) is 0 Å². The number of hydrogen-bond donors (Lipinski definition) is 1. The van der Waals surface area contributed by atoms with Gasteiger partial charge in [-0.3, -0.25) is 4.79 Å². The van der Waals surface area contributed by atoms with Crippen LogP contribution in [0.1, 0.15) is 31.8 Å². The van der Waals surface area contributed by atoms with Crippen LogP contribution in [0.25, 0.3) is 0 Å². The van der Waals surface area contributed by atoms with Gasteiger partial charge in [0.1, 0.15) is 0 Å². The first kappa shape index (κ1) is 18.2. The molecule has 6 heteroatoms. The number of hydrogen-bond acceptors (Lipinski definition) is 5. The van der Waals surface area contributed by atoms with Crippen LogP contribution in [0.15, 0.2) is 48.5 Å². The molecule has 0 fully saturated rings. The zero-order valence-electron chi connectivity index (χ0n) is 14.1. The molecule has 0 aliphatic carbocycles. The van der Waals surface area contributed by atoms with Gasteiger partial charge in [0.05, 0.1) is 18.2 Å². The van der Waals surface area contributed by atoms with Crippen molar-refractivity contribution < 1.29 is 23.9 Å². The summed E-state index contributed by atoms with van der Waals surface area (Å²) in [5.74, 6) is -1.52. The van der Waals surface area contributed by atoms with E-state index in [-0.39, 0.29) is 18.1 Å². The summed E-state index contributed by atoms with van der Waals surface area (Å²) in [5.41, 5.74) is 2.68. The summed E-state index contributed by atoms with van der Waals surface area (Å²) in [7, 11) is 1.28. The second-order valence-electron chi connectivity index (χ2n) is 5.41. The van der Waals surface area contributed by atoms with Gasteiger partial charge in [-0.1, -0.05) is 29.8 Å². The molecule has 2 rings (SSSR count). The predicted molar refractivity (Wildman–Crippen MR) is 91.1 cm³/mol. The van der Waals surface area contributed by atoms with E-state index in [1.54, 1.807) is 0 Å². The molecule has 0 saturated carbocycles. The molecule has 0 bridgehead atoms. The van der Waals surface area contributed by atoms with Crippen LogP contribution in [-0.2, 0) is 20.8 Å². The smallest absolute Gasteiger partial charge is 0.338 e. The molecule has 0 aromatic heterocycles. The quantitative estimate of drug-likeness (QED) is 0.815. The van der Waals surface area contributed by atoms with E-state index in [1.165, 1.54) is 31.4 Å². The van der Waals surface area contributed by atoms with Crippen LogP contribution < -0.4 is 5.32 Å². The fraction of sp³-hybridized carbons (Fsp3) is 0.211. The minimum Gasteiger partial charge on any atom is -0.465 e. The van der Waals surface area contributed by atoms with Gasteiger partial charge in [0.25, 0.3) is 5.91 Å². The van der Waals surface area contributed by atoms with Crippen LogP contribution in [0.5, 0.6) is 0 Å². The molecule has 0 heterocycles. The van der Waals surface area contributed by atoms with Crippen molar-refractivity contribution in [1.82, 2.24) is 5.32 Å². The fourth-order valence-electron chi connectivity index (χ4n) is 2.03. The number of benzene rings is 2. The second-order valence-corrected chi connectivity index (χ2v) is 5.41. The van der Waals surface area contributed by atoms with Gasteiger partial charge in [-0.15, -0.1) is 0 Å². The Morgan fingerprint density at radius 2 is 1.44 bits per heavy atom. The lowest BCUT2D eigenvalue weighted by atomic mass is 10.1. The second kappa shape index (κ2) is 8.63. The van der Waals surface area contributed by atoms with E-state index >= 15 is 0 Å². The number of aryl methyl sites for hydroxylation is 1. The Bertz CT molecular complexity index is 750. The summed E-state index contributed by atoms with van der Waals surface area (Å²) in [6.07, 6.45) is 0. The highest BCUT2D eigenvalue weighted by Gasteiger charge is 2.12. The average molecular weight is 341 g/mol. The highest BCUT2D eigenvalue weighted by Crippen LogP contribution is 2.07. The summed E-state index contributed by atoms with van der Waals surface area (Å²) in [5, 5.41) is 2.68. The van der Waals surface area contributed by atoms with E-state index in [1.807, 2.05) is 31.2 Å². The lowest BCUT2D eigenvalue weighted by Gasteiger charge is -2.07. The van der Waals surface area contributed by atoms with Gasteiger partial charge in [-0.05, 0) is 36.8 Å². The standard InChI is InChI=1S/C19H19NO5/c1-13-3-5-14(6-4-13)11-20-17(21)12-25-19(23)16-9-7-15(8-10-16)18(22)24-2/h3-10H,11-12H2,1-2H3,(H,20,21). The molecule has 25 heavy (non-hydrogen) atoms. The molecule has 6 nitrogen and oxygen atoms in total. The van der Waals surface area contributed by atoms with E-state index in [4.69, 9.17) is 4.74 Å². The first-order valence-electron chi connectivity index (χ1n) is 7.67. The molecule has 0 atom stereocenters. The predicted octanol–water partition coefficient (Wildman–Crippen LogP) is 2.25. The van der Waals surface area contributed by atoms with Gasteiger partial charge in [-0.25, -0.2) is 9.59 Å². The van der Waals surface area contributed by atoms with Crippen molar-refractivity contribution in [3.63, 3.8) is 0 Å². The Balaban J connectivity index is 1.79. The van der Waals surface area contributed by atoms with Crippen molar-refractivity contribution >= 4 is 17.8 Å². The number of ether oxygens (including phenoxy) is 2. The van der Waals surface area contributed by atoms with Crippen molar-refractivity contribution in [1.29, 1.82) is 0 Å².